The summed E-state index contributed by atoms with van der Waals surface area (Å²) in [7, 11) is 1.45. The molecule has 1 N–H and O–H groups in total. The van der Waals surface area contributed by atoms with Gasteiger partial charge in [0.1, 0.15) is 0 Å². The highest BCUT2D eigenvalue weighted by atomic mass is 16.2. The minimum Gasteiger partial charge on any atom is -0.351 e. The van der Waals surface area contributed by atoms with Gasteiger partial charge in [0.05, 0.1) is 11.1 Å². The normalized spacial score (nSPS) is 17.4. The van der Waals surface area contributed by atoms with Crippen molar-refractivity contribution in [2.45, 2.75) is 18.3 Å². The molecule has 0 unspecified atom stereocenters. The minimum absolute atomic E-state index is 0.0274. The van der Waals surface area contributed by atoms with Crippen LogP contribution in [-0.2, 0) is 5.41 Å². The average molecular weight is 334 g/mol. The maximum atomic E-state index is 12.5. The number of hydrogen-bond acceptors (Lipinski definition) is 3. The van der Waals surface area contributed by atoms with E-state index in [2.05, 4.69) is 17.4 Å². The molecule has 0 atom stereocenters. The Hall–Kier alpha value is -2.95. The third-order valence-electron chi connectivity index (χ3n) is 5.18. The number of imide groups is 1. The monoisotopic (exact) mass is 334 g/mol. The van der Waals surface area contributed by atoms with Crippen molar-refractivity contribution in [1.82, 2.24) is 10.2 Å². The first-order valence-electron chi connectivity index (χ1n) is 8.32. The summed E-state index contributed by atoms with van der Waals surface area (Å²) in [5.41, 5.74) is 2.32. The van der Waals surface area contributed by atoms with Crippen molar-refractivity contribution in [1.29, 1.82) is 0 Å². The summed E-state index contributed by atoms with van der Waals surface area (Å²) < 4.78 is 0. The fourth-order valence-electron chi connectivity index (χ4n) is 3.36. The molecule has 0 bridgehead atoms. The quantitative estimate of drug-likeness (QED) is 0.873. The Labute approximate surface area is 145 Å². The SMILES string of the molecule is CN1C(=O)c2ccc(C(=O)NCC3(c4ccccc4)CC3)cc2C1=O. The van der Waals surface area contributed by atoms with Gasteiger partial charge in [-0.05, 0) is 36.6 Å². The molecule has 126 valence electrons. The van der Waals surface area contributed by atoms with Gasteiger partial charge >= 0.3 is 0 Å². The number of benzene rings is 2. The molecule has 4 rings (SSSR count). The summed E-state index contributed by atoms with van der Waals surface area (Å²) in [6.07, 6.45) is 2.11. The van der Waals surface area contributed by atoms with Gasteiger partial charge in [0, 0.05) is 24.6 Å². The van der Waals surface area contributed by atoms with Crippen molar-refractivity contribution < 1.29 is 14.4 Å². The van der Waals surface area contributed by atoms with E-state index in [1.165, 1.54) is 18.7 Å². The number of hydrogen-bond donors (Lipinski definition) is 1. The summed E-state index contributed by atoms with van der Waals surface area (Å²) >= 11 is 0. The molecule has 25 heavy (non-hydrogen) atoms. The molecular weight excluding hydrogens is 316 g/mol. The molecule has 0 aromatic heterocycles. The van der Waals surface area contributed by atoms with Crippen LogP contribution in [0.15, 0.2) is 48.5 Å². The van der Waals surface area contributed by atoms with Gasteiger partial charge < -0.3 is 5.32 Å². The maximum Gasteiger partial charge on any atom is 0.261 e. The van der Waals surface area contributed by atoms with E-state index >= 15 is 0 Å². The highest BCUT2D eigenvalue weighted by Crippen LogP contribution is 2.47. The van der Waals surface area contributed by atoms with Crippen molar-refractivity contribution in [2.24, 2.45) is 0 Å². The molecule has 5 nitrogen and oxygen atoms in total. The van der Waals surface area contributed by atoms with Crippen LogP contribution in [0.5, 0.6) is 0 Å². The first-order chi connectivity index (χ1) is 12.0. The molecule has 0 radical (unpaired) electrons. The lowest BCUT2D eigenvalue weighted by Gasteiger charge is -2.16. The number of nitrogens with zero attached hydrogens (tertiary/aromatic N) is 1. The molecule has 0 spiro atoms. The van der Waals surface area contributed by atoms with Crippen molar-refractivity contribution in [3.05, 3.63) is 70.8 Å². The van der Waals surface area contributed by atoms with E-state index in [0.29, 0.717) is 23.2 Å². The standard InChI is InChI=1S/C20H18N2O3/c1-22-18(24)15-8-7-13(11-16(15)19(22)25)17(23)21-12-20(9-10-20)14-5-3-2-4-6-14/h2-8,11H,9-10,12H2,1H3,(H,21,23). The van der Waals surface area contributed by atoms with E-state index in [1.54, 1.807) is 12.1 Å². The summed E-state index contributed by atoms with van der Waals surface area (Å²) in [6, 6.07) is 14.9. The average Bonchev–Trinajstić information content (AvgIpc) is 3.42. The zero-order valence-corrected chi connectivity index (χ0v) is 13.9. The second-order valence-corrected chi connectivity index (χ2v) is 6.76. The molecule has 1 heterocycles. The van der Waals surface area contributed by atoms with Crippen molar-refractivity contribution in [3.8, 4) is 0 Å². The highest BCUT2D eigenvalue weighted by molar-refractivity contribution is 6.21. The lowest BCUT2D eigenvalue weighted by molar-refractivity contribution is 0.0693. The molecule has 1 fully saturated rings. The third-order valence-corrected chi connectivity index (χ3v) is 5.18. The lowest BCUT2D eigenvalue weighted by Crippen LogP contribution is -2.32. The Morgan fingerprint density at radius 3 is 2.40 bits per heavy atom. The number of carbonyl (C=O) groups is 3. The zero-order chi connectivity index (χ0) is 17.6. The van der Waals surface area contributed by atoms with E-state index < -0.39 is 0 Å². The number of nitrogens with one attached hydrogen (secondary N) is 1. The Bertz CT molecular complexity index is 885. The number of fused-ring (bicyclic) bond motifs is 1. The Morgan fingerprint density at radius 2 is 1.72 bits per heavy atom. The second-order valence-electron chi connectivity index (χ2n) is 6.76. The predicted octanol–water partition coefficient (Wildman–Crippen LogP) is 2.37. The minimum atomic E-state index is -0.363. The fraction of sp³-hybridized carbons (Fsp3) is 0.250. The molecule has 2 aromatic carbocycles. The van der Waals surface area contributed by atoms with Crippen LogP contribution in [0.2, 0.25) is 0 Å². The Kier molecular flexibility index (Phi) is 3.46. The van der Waals surface area contributed by atoms with Crippen LogP contribution in [0.25, 0.3) is 0 Å². The second kappa shape index (κ2) is 5.55. The maximum absolute atomic E-state index is 12.5. The molecule has 2 aliphatic rings. The molecular formula is C20H18N2O3. The van der Waals surface area contributed by atoms with E-state index in [1.807, 2.05) is 18.2 Å². The van der Waals surface area contributed by atoms with Gasteiger partial charge in [0.15, 0.2) is 0 Å². The molecule has 0 saturated heterocycles. The van der Waals surface area contributed by atoms with Crippen LogP contribution in [0, 0.1) is 0 Å². The van der Waals surface area contributed by atoms with Crippen LogP contribution in [0.3, 0.4) is 0 Å². The van der Waals surface area contributed by atoms with Gasteiger partial charge in [-0.15, -0.1) is 0 Å². The zero-order valence-electron chi connectivity index (χ0n) is 13.9. The van der Waals surface area contributed by atoms with E-state index in [4.69, 9.17) is 0 Å². The van der Waals surface area contributed by atoms with Crippen molar-refractivity contribution >= 4 is 17.7 Å². The van der Waals surface area contributed by atoms with Gasteiger partial charge in [-0.1, -0.05) is 30.3 Å². The Balaban J connectivity index is 1.50. The van der Waals surface area contributed by atoms with E-state index in [0.717, 1.165) is 17.7 Å². The van der Waals surface area contributed by atoms with Gasteiger partial charge in [-0.3, -0.25) is 19.3 Å². The largest absolute Gasteiger partial charge is 0.351 e. The van der Waals surface area contributed by atoms with Crippen LogP contribution < -0.4 is 5.32 Å². The van der Waals surface area contributed by atoms with Crippen LogP contribution in [0.1, 0.15) is 49.5 Å². The molecule has 3 amide bonds. The smallest absolute Gasteiger partial charge is 0.261 e. The van der Waals surface area contributed by atoms with Crippen LogP contribution >= 0.6 is 0 Å². The van der Waals surface area contributed by atoms with Gasteiger partial charge in [-0.2, -0.15) is 0 Å². The summed E-state index contributed by atoms with van der Waals surface area (Å²) in [5.74, 6) is -0.912. The van der Waals surface area contributed by atoms with E-state index in [-0.39, 0.29) is 23.1 Å². The number of amides is 3. The van der Waals surface area contributed by atoms with E-state index in [9.17, 15) is 14.4 Å². The third kappa shape index (κ3) is 2.52. The topological polar surface area (TPSA) is 66.5 Å². The highest BCUT2D eigenvalue weighted by Gasteiger charge is 2.44. The number of carbonyl (C=O) groups excluding carboxylic acids is 3. The summed E-state index contributed by atoms with van der Waals surface area (Å²) in [5, 5.41) is 2.98. The lowest BCUT2D eigenvalue weighted by atomic mass is 9.96. The van der Waals surface area contributed by atoms with Gasteiger partial charge in [-0.25, -0.2) is 0 Å². The molecule has 1 aliphatic heterocycles. The molecule has 2 aromatic rings. The molecule has 5 heteroatoms. The first-order valence-corrected chi connectivity index (χ1v) is 8.32. The number of rotatable bonds is 4. The van der Waals surface area contributed by atoms with Gasteiger partial charge in [0.2, 0.25) is 0 Å². The summed E-state index contributed by atoms with van der Waals surface area (Å²) in [6.45, 7) is 0.569. The van der Waals surface area contributed by atoms with Crippen LogP contribution in [-0.4, -0.2) is 36.2 Å². The molecule has 1 saturated carbocycles. The van der Waals surface area contributed by atoms with Crippen LogP contribution in [0.4, 0.5) is 0 Å². The molecule has 1 aliphatic carbocycles. The summed E-state index contributed by atoms with van der Waals surface area (Å²) in [4.78, 5) is 37.6. The van der Waals surface area contributed by atoms with Crippen molar-refractivity contribution in [3.63, 3.8) is 0 Å². The van der Waals surface area contributed by atoms with Gasteiger partial charge in [0.25, 0.3) is 17.7 Å². The van der Waals surface area contributed by atoms with Crippen molar-refractivity contribution in [2.75, 3.05) is 13.6 Å². The predicted molar refractivity (Wildman–Crippen MR) is 92.6 cm³/mol. The fourth-order valence-corrected chi connectivity index (χ4v) is 3.36. The Morgan fingerprint density at radius 1 is 1.04 bits per heavy atom. The first kappa shape index (κ1) is 15.6.